The van der Waals surface area contributed by atoms with E-state index in [4.69, 9.17) is 9.53 Å². The van der Waals surface area contributed by atoms with E-state index in [-0.39, 0.29) is 27.3 Å². The van der Waals surface area contributed by atoms with E-state index < -0.39 is 20.3 Å². The van der Waals surface area contributed by atoms with Crippen LogP contribution in [0, 0.1) is 0 Å². The van der Waals surface area contributed by atoms with Gasteiger partial charge in [0.15, 0.2) is 0 Å². The fourth-order valence-electron chi connectivity index (χ4n) is 4.16. The SMILES string of the molecule is CCCCCC(C)(C)[Si](OC(=O)/C(C)=C(/C)C(=O)O)(C(C)C)C(C)C. The van der Waals surface area contributed by atoms with Gasteiger partial charge in [0.2, 0.25) is 0 Å². The minimum Gasteiger partial charge on any atom is -0.515 e. The van der Waals surface area contributed by atoms with Crippen LogP contribution in [0.1, 0.15) is 88.0 Å². The van der Waals surface area contributed by atoms with E-state index in [2.05, 4.69) is 48.5 Å². The minimum absolute atomic E-state index is 0.0594. The van der Waals surface area contributed by atoms with Crippen molar-refractivity contribution in [3.05, 3.63) is 11.1 Å². The predicted molar refractivity (Wildman–Crippen MR) is 106 cm³/mol. The predicted octanol–water partition coefficient (Wildman–Crippen LogP) is 6.08. The van der Waals surface area contributed by atoms with Gasteiger partial charge >= 0.3 is 11.9 Å². The van der Waals surface area contributed by atoms with Gasteiger partial charge in [-0.3, -0.25) is 0 Å². The first-order valence-electron chi connectivity index (χ1n) is 9.49. The molecule has 0 aliphatic heterocycles. The van der Waals surface area contributed by atoms with Gasteiger partial charge in [-0.15, -0.1) is 0 Å². The molecule has 5 heteroatoms. The molecule has 25 heavy (non-hydrogen) atoms. The number of hydrogen-bond donors (Lipinski definition) is 1. The van der Waals surface area contributed by atoms with Gasteiger partial charge < -0.3 is 9.53 Å². The van der Waals surface area contributed by atoms with Gasteiger partial charge in [0, 0.05) is 11.1 Å². The average molecular weight is 371 g/mol. The Morgan fingerprint density at radius 2 is 1.48 bits per heavy atom. The molecule has 0 saturated carbocycles. The summed E-state index contributed by atoms with van der Waals surface area (Å²) in [5.41, 5.74) is 0.774. The van der Waals surface area contributed by atoms with E-state index in [1.807, 2.05) is 0 Å². The summed E-state index contributed by atoms with van der Waals surface area (Å²) in [5.74, 6) is -1.53. The Hall–Kier alpha value is -1.10. The third-order valence-corrected chi connectivity index (χ3v) is 11.9. The number of carboxylic acids is 1. The molecule has 0 radical (unpaired) electrons. The van der Waals surface area contributed by atoms with Crippen molar-refractivity contribution < 1.29 is 19.1 Å². The van der Waals surface area contributed by atoms with Crippen LogP contribution in [0.25, 0.3) is 0 Å². The van der Waals surface area contributed by atoms with Crippen molar-refractivity contribution in [3.63, 3.8) is 0 Å². The number of carbonyl (C=O) groups is 2. The smallest absolute Gasteiger partial charge is 0.331 e. The molecule has 0 unspecified atom stereocenters. The van der Waals surface area contributed by atoms with Crippen LogP contribution in [0.15, 0.2) is 11.1 Å². The monoisotopic (exact) mass is 370 g/mol. The van der Waals surface area contributed by atoms with E-state index in [1.165, 1.54) is 13.3 Å². The number of hydrogen-bond acceptors (Lipinski definition) is 3. The summed E-state index contributed by atoms with van der Waals surface area (Å²) in [6.07, 6.45) is 4.48. The topological polar surface area (TPSA) is 63.6 Å². The second-order valence-corrected chi connectivity index (χ2v) is 13.8. The number of carboxylic acid groups (broad SMARTS) is 1. The number of aliphatic carboxylic acids is 1. The van der Waals surface area contributed by atoms with Gasteiger partial charge in [0.25, 0.3) is 8.32 Å². The molecule has 0 aliphatic carbocycles. The molecule has 0 aromatic rings. The molecule has 1 N–H and O–H groups in total. The molecule has 0 amide bonds. The molecule has 0 heterocycles. The molecule has 4 nitrogen and oxygen atoms in total. The van der Waals surface area contributed by atoms with Crippen molar-refractivity contribution in [1.29, 1.82) is 0 Å². The number of rotatable bonds is 10. The van der Waals surface area contributed by atoms with Crippen molar-refractivity contribution in [2.24, 2.45) is 0 Å². The highest BCUT2D eigenvalue weighted by atomic mass is 28.4. The van der Waals surface area contributed by atoms with Crippen molar-refractivity contribution in [1.82, 2.24) is 0 Å². The molecule has 0 spiro atoms. The van der Waals surface area contributed by atoms with Gasteiger partial charge in [-0.1, -0.05) is 67.7 Å². The van der Waals surface area contributed by atoms with Gasteiger partial charge in [-0.2, -0.15) is 0 Å². The van der Waals surface area contributed by atoms with Crippen LogP contribution >= 0.6 is 0 Å². The van der Waals surface area contributed by atoms with Gasteiger partial charge in [0.1, 0.15) is 0 Å². The molecule has 146 valence electrons. The van der Waals surface area contributed by atoms with Crippen LogP contribution in [-0.2, 0) is 14.0 Å². The van der Waals surface area contributed by atoms with E-state index in [0.717, 1.165) is 19.3 Å². The molecule has 0 aromatic carbocycles. The fraction of sp³-hybridized carbons (Fsp3) is 0.800. The maximum absolute atomic E-state index is 12.8. The fourth-order valence-corrected chi connectivity index (χ4v) is 10.4. The lowest BCUT2D eigenvalue weighted by Gasteiger charge is -2.49. The lowest BCUT2D eigenvalue weighted by Crippen LogP contribution is -2.55. The van der Waals surface area contributed by atoms with Crippen LogP contribution in [0.2, 0.25) is 16.1 Å². The summed E-state index contributed by atoms with van der Waals surface area (Å²) in [4.78, 5) is 24.0. The third-order valence-electron chi connectivity index (χ3n) is 5.63. The highest BCUT2D eigenvalue weighted by Gasteiger charge is 2.56. The van der Waals surface area contributed by atoms with Gasteiger partial charge in [0.05, 0.1) is 0 Å². The highest BCUT2D eigenvalue weighted by Crippen LogP contribution is 2.54. The number of carbonyl (C=O) groups excluding carboxylic acids is 1. The standard InChI is InChI=1S/C20H38O4Si/c1-10-11-12-13-20(8,9)25(14(2)3,15(4)5)24-19(23)17(7)16(6)18(21)22/h14-15H,10-13H2,1-9H3,(H,21,22)/b17-16-. The quantitative estimate of drug-likeness (QED) is 0.288. The van der Waals surface area contributed by atoms with Crippen LogP contribution in [0.3, 0.4) is 0 Å². The lowest BCUT2D eigenvalue weighted by atomic mass is 10.0. The van der Waals surface area contributed by atoms with Crippen molar-refractivity contribution in [2.75, 3.05) is 0 Å². The Bertz CT molecular complexity index is 496. The molecule has 0 aliphatic rings. The van der Waals surface area contributed by atoms with E-state index >= 15 is 0 Å². The molecule has 0 aromatic heterocycles. The van der Waals surface area contributed by atoms with Crippen molar-refractivity contribution in [2.45, 2.75) is 104 Å². The van der Waals surface area contributed by atoms with E-state index in [0.29, 0.717) is 0 Å². The largest absolute Gasteiger partial charge is 0.515 e. The Balaban J connectivity index is 5.90. The normalized spacial score (nSPS) is 13.9. The first-order chi connectivity index (χ1) is 11.3. The molecule has 0 fully saturated rings. The van der Waals surface area contributed by atoms with Gasteiger partial charge in [-0.25, -0.2) is 9.59 Å². The van der Waals surface area contributed by atoms with Crippen LogP contribution in [0.4, 0.5) is 0 Å². The Labute approximate surface area is 155 Å². The molecular formula is C20H38O4Si. The zero-order valence-electron chi connectivity index (χ0n) is 17.7. The summed E-state index contributed by atoms with van der Waals surface area (Å²) >= 11 is 0. The first kappa shape index (κ1) is 23.9. The number of unbranched alkanes of at least 4 members (excludes halogenated alkanes) is 2. The first-order valence-corrected chi connectivity index (χ1v) is 11.6. The summed E-state index contributed by atoms with van der Waals surface area (Å²) < 4.78 is 6.27. The van der Waals surface area contributed by atoms with Crippen molar-refractivity contribution in [3.8, 4) is 0 Å². The Morgan fingerprint density at radius 1 is 1.00 bits per heavy atom. The van der Waals surface area contributed by atoms with E-state index in [1.54, 1.807) is 6.92 Å². The summed E-state index contributed by atoms with van der Waals surface area (Å²) in [6, 6.07) is 0. The molecule has 0 atom stereocenters. The maximum atomic E-state index is 12.8. The maximum Gasteiger partial charge on any atom is 0.331 e. The second kappa shape index (κ2) is 9.55. The van der Waals surface area contributed by atoms with Crippen LogP contribution in [-0.4, -0.2) is 25.4 Å². The molecule has 0 saturated heterocycles. The summed E-state index contributed by atoms with van der Waals surface area (Å²) in [5, 5.41) is 9.09. The second-order valence-electron chi connectivity index (χ2n) is 8.39. The summed E-state index contributed by atoms with van der Waals surface area (Å²) in [7, 11) is -2.51. The minimum atomic E-state index is -2.51. The zero-order chi connectivity index (χ0) is 20.0. The average Bonchev–Trinajstić information content (AvgIpc) is 2.49. The third kappa shape index (κ3) is 5.43. The molecule has 0 rings (SSSR count). The van der Waals surface area contributed by atoms with Crippen molar-refractivity contribution >= 4 is 20.3 Å². The molecule has 0 bridgehead atoms. The summed E-state index contributed by atoms with van der Waals surface area (Å²) in [6.45, 7) is 18.2. The van der Waals surface area contributed by atoms with E-state index in [9.17, 15) is 9.59 Å². The van der Waals surface area contributed by atoms with Crippen LogP contribution < -0.4 is 0 Å². The van der Waals surface area contributed by atoms with Gasteiger partial charge in [-0.05, 0) is 36.4 Å². The Morgan fingerprint density at radius 3 is 1.84 bits per heavy atom. The Kier molecular flexibility index (Phi) is 9.13. The molecular weight excluding hydrogens is 332 g/mol. The highest BCUT2D eigenvalue weighted by molar-refractivity contribution is 6.80. The zero-order valence-corrected chi connectivity index (χ0v) is 18.7. The van der Waals surface area contributed by atoms with Crippen LogP contribution in [0.5, 0.6) is 0 Å². The lowest BCUT2D eigenvalue weighted by molar-refractivity contribution is -0.135.